The summed E-state index contributed by atoms with van der Waals surface area (Å²) in [6, 6.07) is 4.82. The van der Waals surface area contributed by atoms with Crippen LogP contribution in [-0.2, 0) is 14.8 Å². The Morgan fingerprint density at radius 2 is 1.76 bits per heavy atom. The number of likely N-dealkylation sites (N-methyl/N-ethyl adjacent to an activating group) is 1. The van der Waals surface area contributed by atoms with Crippen LogP contribution >= 0.6 is 0 Å². The van der Waals surface area contributed by atoms with Crippen molar-refractivity contribution in [3.63, 3.8) is 0 Å². The summed E-state index contributed by atoms with van der Waals surface area (Å²) in [5.41, 5.74) is 2.66. The van der Waals surface area contributed by atoms with Gasteiger partial charge in [0.1, 0.15) is 6.04 Å². The molecule has 0 spiro atoms. The minimum absolute atomic E-state index is 0.112. The zero-order valence-electron chi connectivity index (χ0n) is 15.8. The van der Waals surface area contributed by atoms with Gasteiger partial charge in [-0.05, 0) is 50.6 Å². The van der Waals surface area contributed by atoms with E-state index >= 15 is 0 Å². The van der Waals surface area contributed by atoms with Gasteiger partial charge in [0.2, 0.25) is 15.9 Å². The maximum absolute atomic E-state index is 13.1. The van der Waals surface area contributed by atoms with Crippen molar-refractivity contribution in [1.29, 1.82) is 0 Å². The molecule has 0 aliphatic carbocycles. The summed E-state index contributed by atoms with van der Waals surface area (Å²) >= 11 is 0. The molecule has 1 unspecified atom stereocenters. The zero-order valence-corrected chi connectivity index (χ0v) is 16.6. The van der Waals surface area contributed by atoms with Gasteiger partial charge in [0.25, 0.3) is 0 Å². The normalized spacial score (nSPS) is 17.4. The molecule has 1 fully saturated rings. The van der Waals surface area contributed by atoms with Crippen molar-refractivity contribution in [2.75, 3.05) is 43.8 Å². The van der Waals surface area contributed by atoms with Crippen LogP contribution in [0.2, 0.25) is 0 Å². The van der Waals surface area contributed by atoms with Crippen LogP contribution in [0.4, 0.5) is 5.69 Å². The quantitative estimate of drug-likeness (QED) is 0.793. The first-order valence-electron chi connectivity index (χ1n) is 8.69. The number of aryl methyl sites for hydroxylation is 2. The first-order valence-corrected chi connectivity index (χ1v) is 10.5. The number of nitrogens with zero attached hydrogens (tertiary/aromatic N) is 3. The average molecular weight is 368 g/mol. The van der Waals surface area contributed by atoms with E-state index < -0.39 is 16.1 Å². The van der Waals surface area contributed by atoms with Crippen molar-refractivity contribution in [1.82, 2.24) is 9.80 Å². The molecule has 1 aromatic carbocycles. The second kappa shape index (κ2) is 7.74. The molecule has 1 atom stereocenters. The lowest BCUT2D eigenvalue weighted by Crippen LogP contribution is -2.55. The van der Waals surface area contributed by atoms with Crippen molar-refractivity contribution >= 4 is 21.6 Å². The van der Waals surface area contributed by atoms with Crippen LogP contribution in [0.25, 0.3) is 0 Å². The first-order chi connectivity index (χ1) is 11.6. The fraction of sp³-hybridized carbons (Fsp3) is 0.611. The standard InChI is InChI=1S/C18H29N3O3S/c1-6-17(18(22)20-11-9-19(4)10-12-20)21(25(5,23)24)16-8-7-14(2)15(3)13-16/h7-8,13,17H,6,9-12H2,1-5H3. The Morgan fingerprint density at radius 3 is 2.24 bits per heavy atom. The van der Waals surface area contributed by atoms with E-state index in [0.29, 0.717) is 25.2 Å². The SMILES string of the molecule is CCC(C(=O)N1CCN(C)CC1)N(c1ccc(C)c(C)c1)S(C)(=O)=O. The lowest BCUT2D eigenvalue weighted by atomic mass is 10.1. The number of carbonyl (C=O) groups excluding carboxylic acids is 1. The van der Waals surface area contributed by atoms with Gasteiger partial charge in [0.05, 0.1) is 11.9 Å². The Morgan fingerprint density at radius 1 is 1.16 bits per heavy atom. The fourth-order valence-electron chi connectivity index (χ4n) is 3.14. The van der Waals surface area contributed by atoms with Crippen molar-refractivity contribution in [3.8, 4) is 0 Å². The highest BCUT2D eigenvalue weighted by molar-refractivity contribution is 7.92. The molecule has 7 heteroatoms. The second-order valence-electron chi connectivity index (χ2n) is 6.88. The third-order valence-corrected chi connectivity index (χ3v) is 6.05. The van der Waals surface area contributed by atoms with E-state index in [1.165, 1.54) is 10.6 Å². The van der Waals surface area contributed by atoms with Crippen LogP contribution < -0.4 is 4.31 Å². The van der Waals surface area contributed by atoms with Crippen LogP contribution in [0.5, 0.6) is 0 Å². The summed E-state index contributed by atoms with van der Waals surface area (Å²) in [5, 5.41) is 0. The maximum atomic E-state index is 13.1. The molecule has 0 N–H and O–H groups in total. The minimum Gasteiger partial charge on any atom is -0.338 e. The van der Waals surface area contributed by atoms with E-state index in [1.807, 2.05) is 40.0 Å². The van der Waals surface area contributed by atoms with Gasteiger partial charge in [-0.15, -0.1) is 0 Å². The molecule has 25 heavy (non-hydrogen) atoms. The van der Waals surface area contributed by atoms with Gasteiger partial charge >= 0.3 is 0 Å². The molecule has 0 radical (unpaired) electrons. The number of sulfonamides is 1. The number of hydrogen-bond acceptors (Lipinski definition) is 4. The highest BCUT2D eigenvalue weighted by Crippen LogP contribution is 2.26. The molecule has 1 amide bonds. The number of piperazine rings is 1. The third-order valence-electron chi connectivity index (χ3n) is 4.87. The molecule has 1 heterocycles. The van der Waals surface area contributed by atoms with E-state index in [-0.39, 0.29) is 5.91 Å². The molecule has 0 aromatic heterocycles. The van der Waals surface area contributed by atoms with E-state index in [1.54, 1.807) is 11.0 Å². The molecular weight excluding hydrogens is 338 g/mol. The number of amides is 1. The van der Waals surface area contributed by atoms with Crippen LogP contribution in [0.15, 0.2) is 18.2 Å². The fourth-order valence-corrected chi connectivity index (χ4v) is 4.34. The highest BCUT2D eigenvalue weighted by Gasteiger charge is 2.35. The van der Waals surface area contributed by atoms with Gasteiger partial charge < -0.3 is 9.80 Å². The molecule has 1 aliphatic rings. The molecule has 1 aliphatic heterocycles. The summed E-state index contributed by atoms with van der Waals surface area (Å²) in [6.07, 6.45) is 1.60. The number of rotatable bonds is 5. The summed E-state index contributed by atoms with van der Waals surface area (Å²) in [4.78, 5) is 17.0. The monoisotopic (exact) mass is 367 g/mol. The summed E-state index contributed by atoms with van der Waals surface area (Å²) in [6.45, 7) is 8.68. The van der Waals surface area contributed by atoms with Gasteiger partial charge in [-0.3, -0.25) is 9.10 Å². The predicted octanol–water partition coefficient (Wildman–Crippen LogP) is 1.62. The molecular formula is C18H29N3O3S. The second-order valence-corrected chi connectivity index (χ2v) is 8.74. The molecule has 0 saturated carbocycles. The Hall–Kier alpha value is -1.60. The lowest BCUT2D eigenvalue weighted by Gasteiger charge is -2.38. The molecule has 2 rings (SSSR count). The molecule has 1 aromatic rings. The van der Waals surface area contributed by atoms with Crippen molar-refractivity contribution in [3.05, 3.63) is 29.3 Å². The van der Waals surface area contributed by atoms with E-state index in [0.717, 1.165) is 24.2 Å². The van der Waals surface area contributed by atoms with Crippen LogP contribution in [0, 0.1) is 13.8 Å². The van der Waals surface area contributed by atoms with Crippen molar-refractivity contribution in [2.45, 2.75) is 33.2 Å². The van der Waals surface area contributed by atoms with Crippen LogP contribution in [0.1, 0.15) is 24.5 Å². The molecule has 140 valence electrons. The Bertz CT molecular complexity index is 725. The number of anilines is 1. The smallest absolute Gasteiger partial charge is 0.246 e. The van der Waals surface area contributed by atoms with Crippen molar-refractivity contribution in [2.24, 2.45) is 0 Å². The number of hydrogen-bond donors (Lipinski definition) is 0. The van der Waals surface area contributed by atoms with Crippen molar-refractivity contribution < 1.29 is 13.2 Å². The number of carbonyl (C=O) groups is 1. The van der Waals surface area contributed by atoms with E-state index in [2.05, 4.69) is 4.90 Å². The van der Waals surface area contributed by atoms with Gasteiger partial charge in [-0.1, -0.05) is 13.0 Å². The highest BCUT2D eigenvalue weighted by atomic mass is 32.2. The van der Waals surface area contributed by atoms with Gasteiger partial charge in [0.15, 0.2) is 0 Å². The van der Waals surface area contributed by atoms with Crippen LogP contribution in [0.3, 0.4) is 0 Å². The summed E-state index contributed by atoms with van der Waals surface area (Å²) in [5.74, 6) is -0.112. The third kappa shape index (κ3) is 4.52. The summed E-state index contributed by atoms with van der Waals surface area (Å²) in [7, 11) is -1.55. The molecule has 1 saturated heterocycles. The first kappa shape index (κ1) is 19.7. The van der Waals surface area contributed by atoms with E-state index in [4.69, 9.17) is 0 Å². The van der Waals surface area contributed by atoms with E-state index in [9.17, 15) is 13.2 Å². The lowest BCUT2D eigenvalue weighted by molar-refractivity contribution is -0.134. The average Bonchev–Trinajstić information content (AvgIpc) is 2.54. The summed E-state index contributed by atoms with van der Waals surface area (Å²) < 4.78 is 26.3. The molecule has 6 nitrogen and oxygen atoms in total. The Kier molecular flexibility index (Phi) is 6.11. The molecule has 0 bridgehead atoms. The minimum atomic E-state index is -3.58. The predicted molar refractivity (Wildman–Crippen MR) is 101 cm³/mol. The van der Waals surface area contributed by atoms with Gasteiger partial charge in [-0.2, -0.15) is 0 Å². The maximum Gasteiger partial charge on any atom is 0.246 e. The number of benzene rings is 1. The zero-order chi connectivity index (χ0) is 18.8. The van der Waals surface area contributed by atoms with Gasteiger partial charge in [-0.25, -0.2) is 8.42 Å². The van der Waals surface area contributed by atoms with Crippen LogP contribution in [-0.4, -0.2) is 69.6 Å². The Balaban J connectivity index is 2.37. The van der Waals surface area contributed by atoms with Gasteiger partial charge in [0, 0.05) is 26.2 Å². The topological polar surface area (TPSA) is 60.9 Å². The Labute approximate surface area is 151 Å². The largest absolute Gasteiger partial charge is 0.338 e.